The van der Waals surface area contributed by atoms with Gasteiger partial charge < -0.3 is 5.73 Å². The Bertz CT molecular complexity index is 311. The first-order chi connectivity index (χ1) is 6.15. The van der Waals surface area contributed by atoms with Crippen molar-refractivity contribution < 1.29 is 4.39 Å². The summed E-state index contributed by atoms with van der Waals surface area (Å²) < 4.78 is 14.0. The molecule has 13 heavy (non-hydrogen) atoms. The van der Waals surface area contributed by atoms with E-state index in [0.717, 1.165) is 10.0 Å². The number of hydrogen-bond donors (Lipinski definition) is 1. The fourth-order valence-corrected chi connectivity index (χ4v) is 1.42. The van der Waals surface area contributed by atoms with Crippen LogP contribution in [-0.4, -0.2) is 6.54 Å². The van der Waals surface area contributed by atoms with Crippen molar-refractivity contribution in [3.05, 3.63) is 39.6 Å². The zero-order valence-corrected chi connectivity index (χ0v) is 8.94. The third-order valence-corrected chi connectivity index (χ3v) is 2.57. The lowest BCUT2D eigenvalue weighted by Crippen LogP contribution is -1.92. The molecule has 1 aromatic carbocycles. The van der Waals surface area contributed by atoms with Gasteiger partial charge in [0.05, 0.1) is 0 Å². The van der Waals surface area contributed by atoms with Gasteiger partial charge in [-0.25, -0.2) is 4.39 Å². The number of benzene rings is 1. The molecule has 0 saturated heterocycles. The molecule has 1 rings (SSSR count). The lowest BCUT2D eigenvalue weighted by Gasteiger charge is -2.01. The molecule has 0 fully saturated rings. The highest BCUT2D eigenvalue weighted by Crippen LogP contribution is 2.21. The topological polar surface area (TPSA) is 26.0 Å². The third kappa shape index (κ3) is 2.64. The van der Waals surface area contributed by atoms with E-state index >= 15 is 0 Å². The lowest BCUT2D eigenvalue weighted by atomic mass is 10.1. The molecule has 0 amide bonds. The van der Waals surface area contributed by atoms with Crippen molar-refractivity contribution in [1.82, 2.24) is 0 Å². The minimum atomic E-state index is -0.203. The van der Waals surface area contributed by atoms with E-state index < -0.39 is 0 Å². The highest BCUT2D eigenvalue weighted by Gasteiger charge is 2.02. The molecule has 0 unspecified atom stereocenters. The monoisotopic (exact) mass is 243 g/mol. The molecule has 1 aromatic rings. The molecule has 0 aliphatic heterocycles. The molecular weight excluding hydrogens is 233 g/mol. The summed E-state index contributed by atoms with van der Waals surface area (Å²) in [6.07, 6.45) is 3.59. The largest absolute Gasteiger partial charge is 0.327 e. The van der Waals surface area contributed by atoms with E-state index in [9.17, 15) is 4.39 Å². The standard InChI is InChI=1S/C10H11BrFN/c1-7-9(11)5-8(3-2-4-13)6-10(7)12/h2-3,5-6H,4,13H2,1H3/b3-2+. The Hall–Kier alpha value is -0.670. The van der Waals surface area contributed by atoms with Crippen LogP contribution >= 0.6 is 15.9 Å². The maximum Gasteiger partial charge on any atom is 0.127 e. The Labute approximate surface area is 85.6 Å². The van der Waals surface area contributed by atoms with Gasteiger partial charge >= 0.3 is 0 Å². The predicted molar refractivity (Wildman–Crippen MR) is 56.9 cm³/mol. The van der Waals surface area contributed by atoms with E-state index in [4.69, 9.17) is 5.73 Å². The molecule has 0 heterocycles. The normalized spacial score (nSPS) is 11.1. The van der Waals surface area contributed by atoms with Crippen molar-refractivity contribution in [2.75, 3.05) is 6.54 Å². The van der Waals surface area contributed by atoms with Crippen LogP contribution < -0.4 is 5.73 Å². The van der Waals surface area contributed by atoms with Gasteiger partial charge in [0.2, 0.25) is 0 Å². The van der Waals surface area contributed by atoms with Crippen LogP contribution in [0.25, 0.3) is 6.08 Å². The van der Waals surface area contributed by atoms with Crippen LogP contribution in [0.3, 0.4) is 0 Å². The Balaban J connectivity index is 3.06. The van der Waals surface area contributed by atoms with Gasteiger partial charge in [0, 0.05) is 11.0 Å². The van der Waals surface area contributed by atoms with Gasteiger partial charge in [-0.2, -0.15) is 0 Å². The number of nitrogens with two attached hydrogens (primary N) is 1. The highest BCUT2D eigenvalue weighted by atomic mass is 79.9. The summed E-state index contributed by atoms with van der Waals surface area (Å²) in [5.41, 5.74) is 6.74. The molecule has 0 bridgehead atoms. The lowest BCUT2D eigenvalue weighted by molar-refractivity contribution is 0.617. The number of rotatable bonds is 2. The van der Waals surface area contributed by atoms with E-state index in [-0.39, 0.29) is 5.82 Å². The SMILES string of the molecule is Cc1c(F)cc(/C=C/CN)cc1Br. The van der Waals surface area contributed by atoms with Gasteiger partial charge in [0.25, 0.3) is 0 Å². The second-order valence-corrected chi connectivity index (χ2v) is 3.60. The van der Waals surface area contributed by atoms with E-state index in [1.54, 1.807) is 19.1 Å². The van der Waals surface area contributed by atoms with Crippen molar-refractivity contribution >= 4 is 22.0 Å². The molecule has 0 atom stereocenters. The smallest absolute Gasteiger partial charge is 0.127 e. The average Bonchev–Trinajstić information content (AvgIpc) is 2.10. The van der Waals surface area contributed by atoms with E-state index in [1.807, 2.05) is 6.07 Å². The number of halogens is 2. The summed E-state index contributed by atoms with van der Waals surface area (Å²) in [4.78, 5) is 0. The van der Waals surface area contributed by atoms with Crippen LogP contribution in [-0.2, 0) is 0 Å². The molecule has 0 spiro atoms. The van der Waals surface area contributed by atoms with Crippen molar-refractivity contribution in [2.24, 2.45) is 5.73 Å². The first-order valence-electron chi connectivity index (χ1n) is 3.97. The predicted octanol–water partition coefficient (Wildman–Crippen LogP) is 2.87. The van der Waals surface area contributed by atoms with Crippen LogP contribution in [0.4, 0.5) is 4.39 Å². The maximum absolute atomic E-state index is 13.2. The molecular formula is C10H11BrFN. The van der Waals surface area contributed by atoms with Gasteiger partial charge in [-0.05, 0) is 30.2 Å². The molecule has 0 saturated carbocycles. The van der Waals surface area contributed by atoms with Crippen LogP contribution in [0.15, 0.2) is 22.7 Å². The zero-order chi connectivity index (χ0) is 9.84. The molecule has 1 nitrogen and oxygen atoms in total. The van der Waals surface area contributed by atoms with E-state index in [0.29, 0.717) is 12.1 Å². The van der Waals surface area contributed by atoms with Crippen LogP contribution in [0.2, 0.25) is 0 Å². The van der Waals surface area contributed by atoms with Gasteiger partial charge in [-0.15, -0.1) is 0 Å². The zero-order valence-electron chi connectivity index (χ0n) is 7.35. The third-order valence-electron chi connectivity index (χ3n) is 1.75. The van der Waals surface area contributed by atoms with E-state index in [1.165, 1.54) is 6.07 Å². The molecule has 0 aromatic heterocycles. The maximum atomic E-state index is 13.2. The second-order valence-electron chi connectivity index (χ2n) is 2.75. The quantitative estimate of drug-likeness (QED) is 0.850. The van der Waals surface area contributed by atoms with Crippen LogP contribution in [0, 0.1) is 12.7 Å². The minimum absolute atomic E-state index is 0.203. The Morgan fingerprint density at radius 1 is 1.54 bits per heavy atom. The Morgan fingerprint density at radius 2 is 2.23 bits per heavy atom. The minimum Gasteiger partial charge on any atom is -0.327 e. The molecule has 0 aliphatic carbocycles. The summed E-state index contributed by atoms with van der Waals surface area (Å²) in [5, 5.41) is 0. The summed E-state index contributed by atoms with van der Waals surface area (Å²) in [7, 11) is 0. The summed E-state index contributed by atoms with van der Waals surface area (Å²) in [5.74, 6) is -0.203. The van der Waals surface area contributed by atoms with Crippen molar-refractivity contribution in [3.63, 3.8) is 0 Å². The fourth-order valence-electron chi connectivity index (χ4n) is 0.965. The first-order valence-corrected chi connectivity index (χ1v) is 4.76. The van der Waals surface area contributed by atoms with Gasteiger partial charge in [0.1, 0.15) is 5.82 Å². The van der Waals surface area contributed by atoms with Gasteiger partial charge in [-0.1, -0.05) is 28.1 Å². The molecule has 0 aliphatic rings. The van der Waals surface area contributed by atoms with Gasteiger partial charge in [-0.3, -0.25) is 0 Å². The van der Waals surface area contributed by atoms with E-state index in [2.05, 4.69) is 15.9 Å². The van der Waals surface area contributed by atoms with Crippen LogP contribution in [0.5, 0.6) is 0 Å². The van der Waals surface area contributed by atoms with Crippen molar-refractivity contribution in [1.29, 1.82) is 0 Å². The Morgan fingerprint density at radius 3 is 2.77 bits per heavy atom. The molecule has 70 valence electrons. The molecule has 3 heteroatoms. The second kappa shape index (κ2) is 4.53. The Kier molecular flexibility index (Phi) is 3.63. The molecule has 2 N–H and O–H groups in total. The van der Waals surface area contributed by atoms with Gasteiger partial charge in [0.15, 0.2) is 0 Å². The summed E-state index contributed by atoms with van der Waals surface area (Å²) >= 11 is 3.28. The summed E-state index contributed by atoms with van der Waals surface area (Å²) in [6, 6.07) is 3.36. The fraction of sp³-hybridized carbons (Fsp3) is 0.200. The van der Waals surface area contributed by atoms with Crippen molar-refractivity contribution in [3.8, 4) is 0 Å². The van der Waals surface area contributed by atoms with Crippen LogP contribution in [0.1, 0.15) is 11.1 Å². The first kappa shape index (κ1) is 10.4. The molecule has 0 radical (unpaired) electrons. The number of hydrogen-bond acceptors (Lipinski definition) is 1. The summed E-state index contributed by atoms with van der Waals surface area (Å²) in [6.45, 7) is 2.20. The average molecular weight is 244 g/mol. The highest BCUT2D eigenvalue weighted by molar-refractivity contribution is 9.10. The van der Waals surface area contributed by atoms with Crippen molar-refractivity contribution in [2.45, 2.75) is 6.92 Å².